The molecule has 2 aliphatic carbocycles. The third kappa shape index (κ3) is 4.36. The van der Waals surface area contributed by atoms with E-state index in [2.05, 4.69) is 13.8 Å². The number of carbonyl (C=O) groups is 1. The van der Waals surface area contributed by atoms with Gasteiger partial charge < -0.3 is 20.1 Å². The third-order valence-corrected chi connectivity index (χ3v) is 7.25. The second-order valence-corrected chi connectivity index (χ2v) is 9.67. The Morgan fingerprint density at radius 2 is 1.83 bits per heavy atom. The van der Waals surface area contributed by atoms with Crippen LogP contribution in [0.5, 0.6) is 5.75 Å². The molecule has 5 nitrogen and oxygen atoms in total. The highest BCUT2D eigenvalue weighted by molar-refractivity contribution is 5.87. The number of phenolic OH excluding ortho intramolecular Hbond substituents is 1. The van der Waals surface area contributed by atoms with Gasteiger partial charge in [0.05, 0.1) is 11.7 Å². The van der Waals surface area contributed by atoms with Gasteiger partial charge in [-0.2, -0.15) is 0 Å². The molecule has 0 radical (unpaired) electrons. The average molecular weight is 403 g/mol. The molecule has 0 heterocycles. The van der Waals surface area contributed by atoms with Crippen LogP contribution in [0.4, 0.5) is 0 Å². The summed E-state index contributed by atoms with van der Waals surface area (Å²) in [6.45, 7) is 8.08. The molecule has 3 rings (SSSR count). The van der Waals surface area contributed by atoms with Gasteiger partial charge in [-0.1, -0.05) is 32.9 Å². The highest BCUT2D eigenvalue weighted by Crippen LogP contribution is 2.57. The Morgan fingerprint density at radius 1 is 1.17 bits per heavy atom. The minimum atomic E-state index is -0.993. The number of hydrogen-bond acceptors (Lipinski definition) is 5. The number of esters is 1. The molecule has 0 aromatic heterocycles. The lowest BCUT2D eigenvalue weighted by Crippen LogP contribution is -2.64. The summed E-state index contributed by atoms with van der Waals surface area (Å²) in [5.74, 6) is -0.159. The molecule has 3 N–H and O–H groups in total. The van der Waals surface area contributed by atoms with Crippen LogP contribution in [0.2, 0.25) is 0 Å². The number of aromatic hydroxyl groups is 1. The van der Waals surface area contributed by atoms with Crippen molar-refractivity contribution in [1.82, 2.24) is 0 Å². The van der Waals surface area contributed by atoms with Gasteiger partial charge in [-0.25, -0.2) is 4.79 Å². The first-order chi connectivity index (χ1) is 13.5. The molecular formula is C24H34O5. The van der Waals surface area contributed by atoms with Crippen molar-refractivity contribution in [2.24, 2.45) is 23.2 Å². The number of aliphatic hydroxyl groups is 2. The second-order valence-electron chi connectivity index (χ2n) is 9.67. The predicted molar refractivity (Wildman–Crippen MR) is 112 cm³/mol. The maximum atomic E-state index is 12.7. The summed E-state index contributed by atoms with van der Waals surface area (Å²) in [6, 6.07) is 6.56. The van der Waals surface area contributed by atoms with E-state index in [0.29, 0.717) is 18.8 Å². The molecule has 1 aromatic rings. The summed E-state index contributed by atoms with van der Waals surface area (Å²) in [7, 11) is 0. The van der Waals surface area contributed by atoms with Crippen molar-refractivity contribution in [1.29, 1.82) is 0 Å². The van der Waals surface area contributed by atoms with Crippen molar-refractivity contribution in [2.45, 2.75) is 71.2 Å². The van der Waals surface area contributed by atoms with Crippen molar-refractivity contribution < 1.29 is 24.9 Å². The normalized spacial score (nSPS) is 37.5. The SMILES string of the molecule is CC(C)[C@H]1CC[C@@]2(C)[C@H](O)CC[C@@](C)(O)[C@@H]2[C@H]1OC(=O)/C=C/c1ccc(O)cc1. The maximum absolute atomic E-state index is 12.7. The molecule has 0 aliphatic heterocycles. The van der Waals surface area contributed by atoms with Crippen molar-refractivity contribution in [3.8, 4) is 5.75 Å². The summed E-state index contributed by atoms with van der Waals surface area (Å²) in [5.41, 5.74) is -0.680. The zero-order valence-electron chi connectivity index (χ0n) is 17.8. The number of carbonyl (C=O) groups excluding carboxylic acids is 1. The number of hydrogen-bond donors (Lipinski definition) is 3. The zero-order chi connectivity index (χ0) is 21.4. The predicted octanol–water partition coefficient (Wildman–Crippen LogP) is 3.91. The molecule has 0 unspecified atom stereocenters. The Labute approximate surface area is 173 Å². The lowest BCUT2D eigenvalue weighted by Gasteiger charge is -2.59. The fraction of sp³-hybridized carbons (Fsp3) is 0.625. The van der Waals surface area contributed by atoms with Crippen LogP contribution < -0.4 is 0 Å². The van der Waals surface area contributed by atoms with Crippen molar-refractivity contribution in [2.75, 3.05) is 0 Å². The number of aliphatic hydroxyl groups excluding tert-OH is 1. The van der Waals surface area contributed by atoms with E-state index >= 15 is 0 Å². The van der Waals surface area contributed by atoms with E-state index in [1.807, 2.05) is 13.8 Å². The van der Waals surface area contributed by atoms with E-state index in [0.717, 1.165) is 18.4 Å². The summed E-state index contributed by atoms with van der Waals surface area (Å²) in [5, 5.41) is 31.4. The Balaban J connectivity index is 1.85. The van der Waals surface area contributed by atoms with E-state index in [-0.39, 0.29) is 17.6 Å². The quantitative estimate of drug-likeness (QED) is 0.525. The fourth-order valence-corrected chi connectivity index (χ4v) is 5.56. The largest absolute Gasteiger partial charge is 0.508 e. The molecule has 5 heteroatoms. The lowest BCUT2D eigenvalue weighted by molar-refractivity contribution is -0.228. The molecule has 29 heavy (non-hydrogen) atoms. The number of phenols is 1. The van der Waals surface area contributed by atoms with Crippen LogP contribution in [0.1, 0.15) is 58.9 Å². The average Bonchev–Trinajstić information content (AvgIpc) is 2.64. The van der Waals surface area contributed by atoms with Gasteiger partial charge in [0, 0.05) is 17.4 Å². The number of rotatable bonds is 4. The van der Waals surface area contributed by atoms with Gasteiger partial charge in [0.1, 0.15) is 11.9 Å². The van der Waals surface area contributed by atoms with Crippen LogP contribution in [-0.2, 0) is 9.53 Å². The van der Waals surface area contributed by atoms with Gasteiger partial charge in [0.25, 0.3) is 0 Å². The van der Waals surface area contributed by atoms with E-state index in [1.54, 1.807) is 30.3 Å². The minimum Gasteiger partial charge on any atom is -0.508 e. The molecule has 0 bridgehead atoms. The summed E-state index contributed by atoms with van der Waals surface area (Å²) in [6.07, 6.45) is 4.83. The topological polar surface area (TPSA) is 87.0 Å². The highest BCUT2D eigenvalue weighted by Gasteiger charge is 2.60. The molecule has 0 saturated heterocycles. The molecule has 2 fully saturated rings. The minimum absolute atomic E-state index is 0.135. The molecular weight excluding hydrogens is 368 g/mol. The van der Waals surface area contributed by atoms with Crippen molar-refractivity contribution in [3.05, 3.63) is 35.9 Å². The molecule has 1 aromatic carbocycles. The van der Waals surface area contributed by atoms with E-state index in [4.69, 9.17) is 4.74 Å². The van der Waals surface area contributed by atoms with Gasteiger partial charge >= 0.3 is 5.97 Å². The molecule has 2 saturated carbocycles. The maximum Gasteiger partial charge on any atom is 0.331 e. The van der Waals surface area contributed by atoms with Crippen molar-refractivity contribution in [3.63, 3.8) is 0 Å². The first kappa shape index (κ1) is 21.8. The first-order valence-electron chi connectivity index (χ1n) is 10.6. The smallest absolute Gasteiger partial charge is 0.331 e. The van der Waals surface area contributed by atoms with E-state index in [9.17, 15) is 20.1 Å². The van der Waals surface area contributed by atoms with Crippen LogP contribution in [0, 0.1) is 23.2 Å². The van der Waals surface area contributed by atoms with Crippen LogP contribution in [-0.4, -0.2) is 39.1 Å². The Morgan fingerprint density at radius 3 is 2.45 bits per heavy atom. The molecule has 2 aliphatic rings. The Hall–Kier alpha value is -1.85. The Kier molecular flexibility index (Phi) is 6.11. The standard InChI is InChI=1S/C24H34O5/c1-15(2)18-11-13-23(3)19(26)12-14-24(4,28)22(23)21(18)29-20(27)10-7-16-5-8-17(25)9-6-16/h5-10,15,18-19,21-22,25-26,28H,11-14H2,1-4H3/b10-7+/t18-,19-,21+,22-,23+,24-/m1/s1. The number of ether oxygens (including phenoxy) is 1. The van der Waals surface area contributed by atoms with Crippen LogP contribution in [0.15, 0.2) is 30.3 Å². The number of fused-ring (bicyclic) bond motifs is 1. The first-order valence-corrected chi connectivity index (χ1v) is 10.6. The van der Waals surface area contributed by atoms with Crippen LogP contribution in [0.25, 0.3) is 6.08 Å². The van der Waals surface area contributed by atoms with E-state index in [1.165, 1.54) is 6.08 Å². The summed E-state index contributed by atoms with van der Waals surface area (Å²) in [4.78, 5) is 12.7. The molecule has 0 spiro atoms. The van der Waals surface area contributed by atoms with Gasteiger partial charge in [0.2, 0.25) is 0 Å². The molecule has 6 atom stereocenters. The van der Waals surface area contributed by atoms with Crippen LogP contribution in [0.3, 0.4) is 0 Å². The number of benzene rings is 1. The van der Waals surface area contributed by atoms with Gasteiger partial charge in [-0.3, -0.25) is 0 Å². The van der Waals surface area contributed by atoms with Crippen LogP contribution >= 0.6 is 0 Å². The second kappa shape index (κ2) is 8.11. The van der Waals surface area contributed by atoms with E-state index < -0.39 is 29.2 Å². The third-order valence-electron chi connectivity index (χ3n) is 7.25. The van der Waals surface area contributed by atoms with Crippen molar-refractivity contribution >= 4 is 12.0 Å². The van der Waals surface area contributed by atoms with Gasteiger partial charge in [0.15, 0.2) is 0 Å². The molecule has 160 valence electrons. The molecule has 0 amide bonds. The lowest BCUT2D eigenvalue weighted by atomic mass is 9.50. The monoisotopic (exact) mass is 402 g/mol. The fourth-order valence-electron chi connectivity index (χ4n) is 5.56. The van der Waals surface area contributed by atoms with Gasteiger partial charge in [-0.05, 0) is 68.2 Å². The Bertz CT molecular complexity index is 751. The highest BCUT2D eigenvalue weighted by atomic mass is 16.5. The zero-order valence-corrected chi connectivity index (χ0v) is 17.8. The summed E-state index contributed by atoms with van der Waals surface area (Å²) < 4.78 is 5.98. The summed E-state index contributed by atoms with van der Waals surface area (Å²) >= 11 is 0. The van der Waals surface area contributed by atoms with Gasteiger partial charge in [-0.15, -0.1) is 0 Å².